The lowest BCUT2D eigenvalue weighted by Crippen LogP contribution is -2.14. The number of aldehydes is 1. The standard InChI is InChI=1S/C38H49NO2/c1-6-8-15-29(26-40)30-18-19-37(31(12-7-2)27(30)3)41-23-11-21-39-22-20-33-32(16-10-17-36(33)39)34-24-35(34)38(4,5)25-28-13-9-14-28/h10,15-20,22,25-26,34-35H,6-9,11-14,21,23-24H2,1-5H3/b29-15-. The first-order chi connectivity index (χ1) is 19.9. The van der Waals surface area contributed by atoms with E-state index in [0.717, 1.165) is 67.7 Å². The number of unbranched alkanes of at least 4 members (excludes halogenated alkanes) is 1. The minimum atomic E-state index is 0.288. The van der Waals surface area contributed by atoms with Crippen molar-refractivity contribution in [1.29, 1.82) is 0 Å². The summed E-state index contributed by atoms with van der Waals surface area (Å²) in [5, 5.41) is 1.42. The molecule has 218 valence electrons. The Morgan fingerprint density at radius 1 is 1.10 bits per heavy atom. The minimum Gasteiger partial charge on any atom is -0.493 e. The second-order valence-corrected chi connectivity index (χ2v) is 12.9. The molecule has 2 unspecified atom stereocenters. The number of benzene rings is 2. The molecule has 0 bridgehead atoms. The van der Waals surface area contributed by atoms with Crippen LogP contribution in [0.15, 0.2) is 60.3 Å². The van der Waals surface area contributed by atoms with Crippen LogP contribution in [-0.4, -0.2) is 17.5 Å². The van der Waals surface area contributed by atoms with Gasteiger partial charge in [-0.05, 0) is 110 Å². The summed E-state index contributed by atoms with van der Waals surface area (Å²) in [6.07, 6.45) is 18.1. The van der Waals surface area contributed by atoms with E-state index in [-0.39, 0.29) is 5.41 Å². The Morgan fingerprint density at radius 3 is 2.63 bits per heavy atom. The van der Waals surface area contributed by atoms with Crippen molar-refractivity contribution < 1.29 is 9.53 Å². The van der Waals surface area contributed by atoms with Gasteiger partial charge in [0.05, 0.1) is 6.61 Å². The molecule has 41 heavy (non-hydrogen) atoms. The average Bonchev–Trinajstić information content (AvgIpc) is 3.66. The number of ether oxygens (including phenoxy) is 1. The maximum atomic E-state index is 11.8. The Balaban J connectivity index is 1.24. The third kappa shape index (κ3) is 6.40. The van der Waals surface area contributed by atoms with Crippen LogP contribution < -0.4 is 4.74 Å². The number of hydrogen-bond donors (Lipinski definition) is 0. The molecule has 0 aliphatic heterocycles. The number of allylic oxidation sites excluding steroid dienone is 4. The zero-order chi connectivity index (χ0) is 29.0. The molecule has 2 atom stereocenters. The van der Waals surface area contributed by atoms with Gasteiger partial charge in [0.25, 0.3) is 0 Å². The molecule has 2 saturated carbocycles. The van der Waals surface area contributed by atoms with E-state index in [1.54, 1.807) is 5.57 Å². The number of carbonyl (C=O) groups excluding carboxylic acids is 1. The Labute approximate surface area is 247 Å². The monoisotopic (exact) mass is 551 g/mol. The maximum absolute atomic E-state index is 11.8. The lowest BCUT2D eigenvalue weighted by Gasteiger charge is -2.26. The molecule has 3 nitrogen and oxygen atoms in total. The predicted octanol–water partition coefficient (Wildman–Crippen LogP) is 9.99. The van der Waals surface area contributed by atoms with Gasteiger partial charge in [-0.2, -0.15) is 0 Å². The highest BCUT2D eigenvalue weighted by molar-refractivity contribution is 6.07. The molecule has 0 amide bonds. The van der Waals surface area contributed by atoms with Crippen molar-refractivity contribution >= 4 is 22.8 Å². The van der Waals surface area contributed by atoms with Crippen LogP contribution in [0.3, 0.4) is 0 Å². The fraction of sp³-hybridized carbons (Fsp3) is 0.500. The van der Waals surface area contributed by atoms with Crippen molar-refractivity contribution in [3.63, 3.8) is 0 Å². The van der Waals surface area contributed by atoms with Crippen LogP contribution in [0.4, 0.5) is 0 Å². The van der Waals surface area contributed by atoms with Gasteiger partial charge in [-0.3, -0.25) is 4.79 Å². The zero-order valence-corrected chi connectivity index (χ0v) is 26.0. The van der Waals surface area contributed by atoms with E-state index in [1.807, 2.05) is 0 Å². The number of aryl methyl sites for hydroxylation is 1. The first kappa shape index (κ1) is 29.4. The summed E-state index contributed by atoms with van der Waals surface area (Å²) in [7, 11) is 0. The predicted molar refractivity (Wildman–Crippen MR) is 173 cm³/mol. The number of hydrogen-bond acceptors (Lipinski definition) is 2. The van der Waals surface area contributed by atoms with E-state index >= 15 is 0 Å². The normalized spacial score (nSPS) is 18.9. The number of nitrogens with zero attached hydrogens (tertiary/aromatic N) is 1. The van der Waals surface area contributed by atoms with Gasteiger partial charge < -0.3 is 9.30 Å². The van der Waals surface area contributed by atoms with Gasteiger partial charge in [0.15, 0.2) is 0 Å². The second-order valence-electron chi connectivity index (χ2n) is 12.9. The Hall–Kier alpha value is -3.07. The lowest BCUT2D eigenvalue weighted by atomic mass is 9.79. The largest absolute Gasteiger partial charge is 0.493 e. The van der Waals surface area contributed by atoms with Crippen LogP contribution in [0.25, 0.3) is 16.5 Å². The van der Waals surface area contributed by atoms with Crippen molar-refractivity contribution in [3.8, 4) is 5.75 Å². The van der Waals surface area contributed by atoms with E-state index < -0.39 is 0 Å². The molecule has 1 heterocycles. The van der Waals surface area contributed by atoms with Crippen molar-refractivity contribution in [2.24, 2.45) is 11.3 Å². The number of rotatable bonds is 14. The fourth-order valence-corrected chi connectivity index (χ4v) is 6.96. The molecule has 5 rings (SSSR count). The number of aromatic nitrogens is 1. The lowest BCUT2D eigenvalue weighted by molar-refractivity contribution is -0.103. The summed E-state index contributed by atoms with van der Waals surface area (Å²) in [5.74, 6) is 2.38. The van der Waals surface area contributed by atoms with Crippen LogP contribution in [0, 0.1) is 18.3 Å². The van der Waals surface area contributed by atoms with E-state index in [1.165, 1.54) is 53.3 Å². The van der Waals surface area contributed by atoms with Crippen LogP contribution in [0.2, 0.25) is 0 Å². The first-order valence-electron chi connectivity index (χ1n) is 16.1. The molecule has 2 aliphatic rings. The van der Waals surface area contributed by atoms with Gasteiger partial charge in [0.1, 0.15) is 12.0 Å². The molecule has 0 spiro atoms. The smallest absolute Gasteiger partial charge is 0.150 e. The van der Waals surface area contributed by atoms with Gasteiger partial charge in [-0.1, -0.05) is 76.5 Å². The zero-order valence-electron chi connectivity index (χ0n) is 26.0. The first-order valence-corrected chi connectivity index (χ1v) is 16.1. The molecule has 3 heteroatoms. The summed E-state index contributed by atoms with van der Waals surface area (Å²) in [5.41, 5.74) is 9.09. The Kier molecular flexibility index (Phi) is 9.22. The second kappa shape index (κ2) is 12.8. The summed E-state index contributed by atoms with van der Waals surface area (Å²) < 4.78 is 8.77. The molecule has 2 fully saturated rings. The molecule has 2 aliphatic carbocycles. The van der Waals surface area contributed by atoms with Crippen LogP contribution in [0.1, 0.15) is 107 Å². The molecule has 0 saturated heterocycles. The summed E-state index contributed by atoms with van der Waals surface area (Å²) >= 11 is 0. The van der Waals surface area contributed by atoms with Crippen LogP contribution in [0.5, 0.6) is 5.75 Å². The molecule has 0 N–H and O–H groups in total. The molecule has 1 aromatic heterocycles. The van der Waals surface area contributed by atoms with Crippen molar-refractivity contribution in [3.05, 3.63) is 82.6 Å². The minimum absolute atomic E-state index is 0.288. The summed E-state index contributed by atoms with van der Waals surface area (Å²) in [4.78, 5) is 11.8. The van der Waals surface area contributed by atoms with E-state index in [4.69, 9.17) is 4.74 Å². The highest BCUT2D eigenvalue weighted by atomic mass is 16.5. The van der Waals surface area contributed by atoms with Gasteiger partial charge in [-0.25, -0.2) is 0 Å². The molecule has 2 aromatic carbocycles. The number of carbonyl (C=O) groups is 1. The van der Waals surface area contributed by atoms with Crippen molar-refractivity contribution in [2.75, 3.05) is 6.61 Å². The van der Waals surface area contributed by atoms with Gasteiger partial charge in [0, 0.05) is 29.2 Å². The molecular weight excluding hydrogens is 502 g/mol. The third-order valence-corrected chi connectivity index (χ3v) is 9.51. The van der Waals surface area contributed by atoms with E-state index in [2.05, 4.69) is 93.9 Å². The Morgan fingerprint density at radius 2 is 1.93 bits per heavy atom. The van der Waals surface area contributed by atoms with Crippen LogP contribution in [-0.2, 0) is 17.8 Å². The fourth-order valence-electron chi connectivity index (χ4n) is 6.96. The van der Waals surface area contributed by atoms with Crippen LogP contribution >= 0.6 is 0 Å². The third-order valence-electron chi connectivity index (χ3n) is 9.51. The van der Waals surface area contributed by atoms with Crippen molar-refractivity contribution in [2.45, 2.75) is 105 Å². The Bertz CT molecular complexity index is 1430. The molecular formula is C38H49NO2. The van der Waals surface area contributed by atoms with E-state index in [9.17, 15) is 4.79 Å². The maximum Gasteiger partial charge on any atom is 0.150 e. The molecule has 3 aromatic rings. The van der Waals surface area contributed by atoms with Gasteiger partial charge >= 0.3 is 0 Å². The highest BCUT2D eigenvalue weighted by Crippen LogP contribution is 2.59. The summed E-state index contributed by atoms with van der Waals surface area (Å²) in [6.45, 7) is 13.0. The average molecular weight is 552 g/mol. The highest BCUT2D eigenvalue weighted by Gasteiger charge is 2.48. The SMILES string of the molecule is CCC/C=C(/C=O)c1ccc(OCCCn2ccc3c(C4CC4C(C)(C)C=C4CCC4)cccc32)c(CCC)c1C. The molecule has 0 radical (unpaired) electrons. The quantitative estimate of drug-likeness (QED) is 0.0864. The van der Waals surface area contributed by atoms with Crippen molar-refractivity contribution in [1.82, 2.24) is 4.57 Å². The van der Waals surface area contributed by atoms with E-state index in [0.29, 0.717) is 12.5 Å². The summed E-state index contributed by atoms with van der Waals surface area (Å²) in [6, 6.07) is 13.4. The van der Waals surface area contributed by atoms with Gasteiger partial charge in [-0.15, -0.1) is 0 Å². The van der Waals surface area contributed by atoms with Gasteiger partial charge in [0.2, 0.25) is 0 Å². The number of fused-ring (bicyclic) bond motifs is 1. The topological polar surface area (TPSA) is 31.2 Å².